The number of nitrogens with zero attached hydrogens (tertiary/aromatic N) is 7. The molecule has 0 saturated carbocycles. The van der Waals surface area contributed by atoms with Crippen molar-refractivity contribution < 1.29 is 0 Å². The zero-order chi connectivity index (χ0) is 16.3. The Balaban J connectivity index is 2.03. The number of hydrogen-bond acceptors (Lipinski definition) is 3. The highest BCUT2D eigenvalue weighted by Gasteiger charge is 2.22. The summed E-state index contributed by atoms with van der Waals surface area (Å²) in [7, 11) is 5.81. The van der Waals surface area contributed by atoms with E-state index in [0.29, 0.717) is 5.96 Å². The molecule has 0 N–H and O–H groups in total. The van der Waals surface area contributed by atoms with Crippen molar-refractivity contribution in [2.24, 2.45) is 15.0 Å². The van der Waals surface area contributed by atoms with E-state index in [1.54, 1.807) is 13.4 Å². The van der Waals surface area contributed by atoms with Crippen molar-refractivity contribution in [3.8, 4) is 0 Å². The van der Waals surface area contributed by atoms with Crippen LogP contribution in [-0.2, 0) is 0 Å². The molecule has 2 aliphatic heterocycles. The molecule has 120 valence electrons. The van der Waals surface area contributed by atoms with Crippen LogP contribution in [0, 0.1) is 0 Å². The first-order valence-corrected chi connectivity index (χ1v) is 7.36. The summed E-state index contributed by atoms with van der Waals surface area (Å²) in [5, 5.41) is 0. The lowest BCUT2D eigenvalue weighted by Gasteiger charge is -2.26. The molecular formula is C15H25N7. The van der Waals surface area contributed by atoms with Gasteiger partial charge in [-0.15, -0.1) is 0 Å². The van der Waals surface area contributed by atoms with Gasteiger partial charge in [-0.05, 0) is 20.8 Å². The second-order valence-electron chi connectivity index (χ2n) is 5.45. The molecule has 0 aromatic heterocycles. The van der Waals surface area contributed by atoms with Gasteiger partial charge in [0.05, 0.1) is 0 Å². The van der Waals surface area contributed by atoms with Crippen LogP contribution in [-0.4, -0.2) is 71.2 Å². The van der Waals surface area contributed by atoms with E-state index in [-0.39, 0.29) is 12.3 Å². The summed E-state index contributed by atoms with van der Waals surface area (Å²) >= 11 is 0. The summed E-state index contributed by atoms with van der Waals surface area (Å²) in [4.78, 5) is 21.4. The zero-order valence-electron chi connectivity index (χ0n) is 14.2. The van der Waals surface area contributed by atoms with E-state index in [2.05, 4.69) is 43.5 Å². The van der Waals surface area contributed by atoms with Gasteiger partial charge in [0.1, 0.15) is 24.5 Å². The van der Waals surface area contributed by atoms with Gasteiger partial charge in [-0.3, -0.25) is 9.89 Å². The maximum absolute atomic E-state index is 4.42. The first-order chi connectivity index (χ1) is 10.5. The number of rotatable bonds is 1. The van der Waals surface area contributed by atoms with Crippen molar-refractivity contribution >= 4 is 18.1 Å². The molecule has 0 amide bonds. The summed E-state index contributed by atoms with van der Waals surface area (Å²) in [6.07, 6.45) is 10.1. The number of aliphatic imine (C=N–C) groups is 3. The highest BCUT2D eigenvalue weighted by atomic mass is 15.4. The van der Waals surface area contributed by atoms with Crippen LogP contribution in [0.5, 0.6) is 0 Å². The Morgan fingerprint density at radius 1 is 0.955 bits per heavy atom. The number of guanidine groups is 1. The van der Waals surface area contributed by atoms with Crippen LogP contribution in [0.2, 0.25) is 0 Å². The Hall–Kier alpha value is -2.31. The maximum Gasteiger partial charge on any atom is 0.227 e. The fourth-order valence-electron chi connectivity index (χ4n) is 2.33. The molecule has 7 nitrogen and oxygen atoms in total. The standard InChI is InChI=1S/C15H25N7/c1-12(21-9-7-19(5)13(21)2)17-11-18-15(16-4)22-10-8-20(6)14(22)3/h7-11,13-14H,1-6H3/t13-,14+/m1/s1. The Bertz CT molecular complexity index is 546. The lowest BCUT2D eigenvalue weighted by Crippen LogP contribution is -2.37. The quantitative estimate of drug-likeness (QED) is 0.545. The molecule has 0 aromatic rings. The third-order valence-corrected chi connectivity index (χ3v) is 4.13. The van der Waals surface area contributed by atoms with Crippen molar-refractivity contribution in [1.82, 2.24) is 19.6 Å². The third-order valence-electron chi connectivity index (χ3n) is 4.13. The third kappa shape index (κ3) is 3.13. The van der Waals surface area contributed by atoms with Crippen LogP contribution in [0.4, 0.5) is 0 Å². The SMILES string of the molecule is CN=C(N=CN=C(C)N1C=CN(C)[C@H]1C)N1C=CN(C)[C@@H]1C. The molecule has 0 saturated heterocycles. The summed E-state index contributed by atoms with van der Waals surface area (Å²) in [6.45, 7) is 6.20. The average Bonchev–Trinajstić information content (AvgIpc) is 3.00. The molecule has 2 rings (SSSR count). The second kappa shape index (κ2) is 6.64. The van der Waals surface area contributed by atoms with E-state index in [1.807, 2.05) is 50.7 Å². The van der Waals surface area contributed by atoms with Crippen molar-refractivity contribution in [1.29, 1.82) is 0 Å². The summed E-state index contributed by atoms with van der Waals surface area (Å²) in [5.74, 6) is 1.54. The lowest BCUT2D eigenvalue weighted by molar-refractivity contribution is 0.264. The monoisotopic (exact) mass is 303 g/mol. The van der Waals surface area contributed by atoms with Crippen molar-refractivity contribution in [3.05, 3.63) is 24.8 Å². The number of hydrogen-bond donors (Lipinski definition) is 0. The van der Waals surface area contributed by atoms with Gasteiger partial charge in [0.25, 0.3) is 0 Å². The molecule has 0 aliphatic carbocycles. The predicted octanol–water partition coefficient (Wildman–Crippen LogP) is 1.55. The van der Waals surface area contributed by atoms with E-state index in [1.165, 1.54) is 0 Å². The Morgan fingerprint density at radius 3 is 1.95 bits per heavy atom. The van der Waals surface area contributed by atoms with Gasteiger partial charge in [-0.25, -0.2) is 9.98 Å². The molecule has 22 heavy (non-hydrogen) atoms. The van der Waals surface area contributed by atoms with E-state index in [4.69, 9.17) is 0 Å². The van der Waals surface area contributed by atoms with Crippen LogP contribution >= 0.6 is 0 Å². The molecule has 0 aromatic carbocycles. The molecule has 0 spiro atoms. The van der Waals surface area contributed by atoms with Crippen LogP contribution < -0.4 is 0 Å². The minimum Gasteiger partial charge on any atom is -0.359 e. The van der Waals surface area contributed by atoms with Crippen LogP contribution in [0.25, 0.3) is 0 Å². The van der Waals surface area contributed by atoms with Crippen molar-refractivity contribution in [3.63, 3.8) is 0 Å². The van der Waals surface area contributed by atoms with E-state index in [9.17, 15) is 0 Å². The Kier molecular flexibility index (Phi) is 4.85. The van der Waals surface area contributed by atoms with Gasteiger partial charge in [0.2, 0.25) is 5.96 Å². The molecule has 2 aliphatic rings. The Labute approximate surface area is 132 Å². The van der Waals surface area contributed by atoms with Gasteiger partial charge in [0.15, 0.2) is 0 Å². The molecular weight excluding hydrogens is 278 g/mol. The molecule has 0 radical (unpaired) electrons. The summed E-state index contributed by atoms with van der Waals surface area (Å²) < 4.78 is 0. The highest BCUT2D eigenvalue weighted by Crippen LogP contribution is 2.15. The minimum absolute atomic E-state index is 0.205. The molecule has 0 fully saturated rings. The normalized spacial score (nSPS) is 26.3. The Morgan fingerprint density at radius 2 is 1.50 bits per heavy atom. The molecule has 0 bridgehead atoms. The van der Waals surface area contributed by atoms with E-state index in [0.717, 1.165) is 5.84 Å². The van der Waals surface area contributed by atoms with Crippen molar-refractivity contribution in [2.75, 3.05) is 21.1 Å². The van der Waals surface area contributed by atoms with Gasteiger partial charge < -0.3 is 14.7 Å². The first-order valence-electron chi connectivity index (χ1n) is 7.36. The fraction of sp³-hybridized carbons (Fsp3) is 0.533. The van der Waals surface area contributed by atoms with Crippen LogP contribution in [0.15, 0.2) is 39.8 Å². The highest BCUT2D eigenvalue weighted by molar-refractivity contribution is 5.93. The van der Waals surface area contributed by atoms with E-state index >= 15 is 0 Å². The van der Waals surface area contributed by atoms with Crippen molar-refractivity contribution in [2.45, 2.75) is 33.1 Å². The molecule has 2 atom stereocenters. The predicted molar refractivity (Wildman–Crippen MR) is 91.4 cm³/mol. The first kappa shape index (κ1) is 16.1. The molecule has 2 heterocycles. The van der Waals surface area contributed by atoms with Gasteiger partial charge in [-0.2, -0.15) is 0 Å². The zero-order valence-corrected chi connectivity index (χ0v) is 14.2. The minimum atomic E-state index is 0.205. The maximum atomic E-state index is 4.42. The average molecular weight is 303 g/mol. The fourth-order valence-corrected chi connectivity index (χ4v) is 2.33. The summed E-state index contributed by atoms with van der Waals surface area (Å²) in [6, 6.07) is 0. The molecule has 7 heteroatoms. The molecule has 0 unspecified atom stereocenters. The lowest BCUT2D eigenvalue weighted by atomic mass is 10.4. The smallest absolute Gasteiger partial charge is 0.227 e. The topological polar surface area (TPSA) is 50.0 Å². The van der Waals surface area contributed by atoms with Gasteiger partial charge in [-0.1, -0.05) is 0 Å². The van der Waals surface area contributed by atoms with Crippen LogP contribution in [0.3, 0.4) is 0 Å². The van der Waals surface area contributed by atoms with Gasteiger partial charge in [0, 0.05) is 45.9 Å². The van der Waals surface area contributed by atoms with Crippen LogP contribution in [0.1, 0.15) is 20.8 Å². The second-order valence-corrected chi connectivity index (χ2v) is 5.45. The largest absolute Gasteiger partial charge is 0.359 e. The van der Waals surface area contributed by atoms with E-state index < -0.39 is 0 Å². The summed E-state index contributed by atoms with van der Waals surface area (Å²) in [5.41, 5.74) is 0. The number of amidine groups is 1. The van der Waals surface area contributed by atoms with Gasteiger partial charge >= 0.3 is 0 Å².